The molecule has 0 spiro atoms. The lowest BCUT2D eigenvalue weighted by atomic mass is 9.98. The van der Waals surface area contributed by atoms with Crippen molar-refractivity contribution in [3.8, 4) is 11.1 Å². The van der Waals surface area contributed by atoms with Crippen LogP contribution >= 0.6 is 0 Å². The summed E-state index contributed by atoms with van der Waals surface area (Å²) in [6.07, 6.45) is -0.451. The Kier molecular flexibility index (Phi) is 24.2. The topological polar surface area (TPSA) is 131 Å². The summed E-state index contributed by atoms with van der Waals surface area (Å²) in [5, 5.41) is 2.74. The molecule has 13 heteroatoms. The second-order valence-corrected chi connectivity index (χ2v) is 11.0. The number of hydrogen-bond donors (Lipinski definition) is 1. The Morgan fingerprint density at radius 2 is 0.800 bits per heavy atom. The largest absolute Gasteiger partial charge is 0.449 e. The van der Waals surface area contributed by atoms with Crippen molar-refractivity contribution >= 4 is 6.09 Å². The molecule has 1 aliphatic carbocycles. The monoisotopic (exact) mass is 707 g/mol. The zero-order valence-corrected chi connectivity index (χ0v) is 29.7. The molecule has 0 saturated heterocycles. The van der Waals surface area contributed by atoms with Gasteiger partial charge in [-0.3, -0.25) is 0 Å². The number of carbonyl (C=O) groups is 1. The van der Waals surface area contributed by atoms with E-state index in [9.17, 15) is 4.79 Å². The fourth-order valence-electron chi connectivity index (χ4n) is 5.00. The molecule has 0 saturated carbocycles. The molecule has 0 heterocycles. The van der Waals surface area contributed by atoms with Gasteiger partial charge >= 0.3 is 6.09 Å². The van der Waals surface area contributed by atoms with Crippen molar-refractivity contribution in [3.05, 3.63) is 59.7 Å². The average Bonchev–Trinajstić information content (AvgIpc) is 3.46. The van der Waals surface area contributed by atoms with Crippen LogP contribution in [0, 0.1) is 0 Å². The zero-order chi connectivity index (χ0) is 35.2. The van der Waals surface area contributed by atoms with Gasteiger partial charge in [0, 0.05) is 19.1 Å². The van der Waals surface area contributed by atoms with Crippen LogP contribution in [0.25, 0.3) is 11.1 Å². The van der Waals surface area contributed by atoms with Gasteiger partial charge in [0.05, 0.1) is 126 Å². The maximum absolute atomic E-state index is 12.2. The molecule has 13 nitrogen and oxygen atoms in total. The predicted molar refractivity (Wildman–Crippen MR) is 187 cm³/mol. The second kappa shape index (κ2) is 28.9. The third kappa shape index (κ3) is 18.5. The van der Waals surface area contributed by atoms with Crippen molar-refractivity contribution in [3.63, 3.8) is 0 Å². The molecule has 0 aromatic heterocycles. The number of benzene rings is 2. The van der Waals surface area contributed by atoms with E-state index in [1.807, 2.05) is 31.2 Å². The molecule has 3 rings (SSSR count). The van der Waals surface area contributed by atoms with E-state index >= 15 is 0 Å². The molecule has 1 N–H and O–H groups in total. The van der Waals surface area contributed by atoms with Gasteiger partial charge in [0.1, 0.15) is 6.61 Å². The third-order valence-corrected chi connectivity index (χ3v) is 7.41. The number of carbonyl (C=O) groups excluding carboxylic acids is 1. The molecule has 0 radical (unpaired) electrons. The quantitative estimate of drug-likeness (QED) is 0.109. The van der Waals surface area contributed by atoms with Crippen molar-refractivity contribution in [1.82, 2.24) is 5.32 Å². The third-order valence-electron chi connectivity index (χ3n) is 7.41. The molecule has 2 aromatic rings. The normalized spacial score (nSPS) is 12.3. The first-order chi connectivity index (χ1) is 24.8. The lowest BCUT2D eigenvalue weighted by molar-refractivity contribution is -0.0262. The smallest absolute Gasteiger partial charge is 0.407 e. The summed E-state index contributed by atoms with van der Waals surface area (Å²) in [5.41, 5.74) is 4.78. The maximum atomic E-state index is 12.2. The fourth-order valence-corrected chi connectivity index (χ4v) is 5.00. The summed E-state index contributed by atoms with van der Waals surface area (Å²) in [4.78, 5) is 12.2. The number of amides is 1. The lowest BCUT2D eigenvalue weighted by Crippen LogP contribution is -2.29. The Labute approximate surface area is 297 Å². The van der Waals surface area contributed by atoms with Gasteiger partial charge in [-0.15, -0.1) is 0 Å². The number of rotatable bonds is 33. The van der Waals surface area contributed by atoms with E-state index in [1.165, 1.54) is 22.3 Å². The molecule has 1 amide bonds. The number of nitrogens with one attached hydrogen (secondary N) is 1. The van der Waals surface area contributed by atoms with Gasteiger partial charge in [-0.2, -0.15) is 0 Å². The van der Waals surface area contributed by atoms with Crippen molar-refractivity contribution in [2.45, 2.75) is 12.8 Å². The zero-order valence-electron chi connectivity index (χ0n) is 29.7. The van der Waals surface area contributed by atoms with Gasteiger partial charge in [-0.1, -0.05) is 48.5 Å². The van der Waals surface area contributed by atoms with Crippen LogP contribution in [0.3, 0.4) is 0 Å². The summed E-state index contributed by atoms with van der Waals surface area (Å²) < 4.78 is 60.0. The highest BCUT2D eigenvalue weighted by atomic mass is 16.6. The molecule has 2 aromatic carbocycles. The van der Waals surface area contributed by atoms with E-state index < -0.39 is 6.09 Å². The van der Waals surface area contributed by atoms with Crippen LogP contribution in [0.1, 0.15) is 24.0 Å². The molecule has 0 atom stereocenters. The minimum absolute atomic E-state index is 0.0391. The van der Waals surface area contributed by atoms with Crippen LogP contribution < -0.4 is 5.32 Å². The number of alkyl carbamates (subject to hydrolysis) is 1. The number of hydrogen-bond acceptors (Lipinski definition) is 12. The van der Waals surface area contributed by atoms with Crippen molar-refractivity contribution in [1.29, 1.82) is 0 Å². The van der Waals surface area contributed by atoms with Crippen LogP contribution in [0.4, 0.5) is 4.79 Å². The second-order valence-electron chi connectivity index (χ2n) is 11.0. The highest BCUT2D eigenvalue weighted by Crippen LogP contribution is 2.44. The Morgan fingerprint density at radius 1 is 0.480 bits per heavy atom. The summed E-state index contributed by atoms with van der Waals surface area (Å²) in [5.74, 6) is 0.0391. The van der Waals surface area contributed by atoms with Gasteiger partial charge in [-0.25, -0.2) is 4.79 Å². The molecule has 0 unspecified atom stereocenters. The van der Waals surface area contributed by atoms with Gasteiger partial charge in [0.25, 0.3) is 0 Å². The van der Waals surface area contributed by atoms with Crippen LogP contribution in [-0.4, -0.2) is 151 Å². The van der Waals surface area contributed by atoms with Gasteiger partial charge in [0.15, 0.2) is 0 Å². The Morgan fingerprint density at radius 3 is 1.16 bits per heavy atom. The van der Waals surface area contributed by atoms with Crippen LogP contribution in [0.15, 0.2) is 48.5 Å². The van der Waals surface area contributed by atoms with Gasteiger partial charge in [-0.05, 0) is 29.2 Å². The molecule has 0 bridgehead atoms. The van der Waals surface area contributed by atoms with Crippen molar-refractivity contribution in [2.75, 3.05) is 145 Å². The van der Waals surface area contributed by atoms with Crippen LogP contribution in [0.2, 0.25) is 0 Å². The number of fused-ring (bicyclic) bond motifs is 3. The summed E-state index contributed by atoms with van der Waals surface area (Å²) in [7, 11) is 0. The molecular weight excluding hydrogens is 650 g/mol. The Balaban J connectivity index is 0.971. The van der Waals surface area contributed by atoms with Crippen LogP contribution in [0.5, 0.6) is 0 Å². The van der Waals surface area contributed by atoms with Crippen molar-refractivity contribution < 1.29 is 56.9 Å². The van der Waals surface area contributed by atoms with Gasteiger partial charge < -0.3 is 57.4 Å². The first-order valence-electron chi connectivity index (χ1n) is 17.7. The summed E-state index contributed by atoms with van der Waals surface area (Å²) >= 11 is 0. The minimum atomic E-state index is -0.451. The first kappa shape index (κ1) is 41.7. The summed E-state index contributed by atoms with van der Waals surface area (Å²) in [6, 6.07) is 16.5. The van der Waals surface area contributed by atoms with E-state index in [0.717, 1.165) is 0 Å². The molecule has 0 aliphatic heterocycles. The highest BCUT2D eigenvalue weighted by molar-refractivity contribution is 5.79. The molecular formula is C37H57NO12. The van der Waals surface area contributed by atoms with E-state index in [4.69, 9.17) is 52.1 Å². The van der Waals surface area contributed by atoms with E-state index in [1.54, 1.807) is 0 Å². The Hall–Kier alpha value is -2.69. The highest BCUT2D eigenvalue weighted by Gasteiger charge is 2.28. The lowest BCUT2D eigenvalue weighted by Gasteiger charge is -2.14. The maximum Gasteiger partial charge on any atom is 0.407 e. The minimum Gasteiger partial charge on any atom is -0.449 e. The standard InChI is InChI=1S/C37H57NO12/c1-2-40-13-14-42-17-18-44-21-22-46-25-26-48-29-30-49-28-27-47-24-23-45-20-19-43-16-15-41-12-11-38-37(39)50-31-36-34-9-5-3-7-32(34)33-8-4-6-10-35(33)36/h3-10,36H,2,11-31H2,1H3,(H,38,39). The molecule has 282 valence electrons. The fraction of sp³-hybridized carbons (Fsp3) is 0.649. The molecule has 50 heavy (non-hydrogen) atoms. The van der Waals surface area contributed by atoms with Crippen molar-refractivity contribution in [2.24, 2.45) is 0 Å². The van der Waals surface area contributed by atoms with E-state index in [2.05, 4.69) is 29.6 Å². The SMILES string of the molecule is CCOCCOCCOCCOCCOCCOCCOCCOCCOCCOCCNC(=O)OCC1c2ccccc2-c2ccccc21. The first-order valence-corrected chi connectivity index (χ1v) is 17.7. The Bertz CT molecular complexity index is 1080. The molecule has 1 aliphatic rings. The number of ether oxygens (including phenoxy) is 11. The van der Waals surface area contributed by atoms with Crippen LogP contribution in [-0.2, 0) is 52.1 Å². The van der Waals surface area contributed by atoms with Gasteiger partial charge in [0.2, 0.25) is 0 Å². The average molecular weight is 708 g/mol. The van der Waals surface area contributed by atoms with E-state index in [-0.39, 0.29) is 12.5 Å². The van der Waals surface area contributed by atoms with E-state index in [0.29, 0.717) is 139 Å². The summed E-state index contributed by atoms with van der Waals surface area (Å²) in [6.45, 7) is 12.9. The predicted octanol–water partition coefficient (Wildman–Crippen LogP) is 3.71. The molecule has 0 fully saturated rings.